The van der Waals surface area contributed by atoms with Crippen LogP contribution in [-0.4, -0.2) is 23.0 Å². The zero-order valence-electron chi connectivity index (χ0n) is 23.2. The summed E-state index contributed by atoms with van der Waals surface area (Å²) < 4.78 is 14.0. The molecule has 208 valence electrons. The maximum Gasteiger partial charge on any atom is 0.282 e. The van der Waals surface area contributed by atoms with Crippen LogP contribution in [0.2, 0.25) is 5.02 Å². The summed E-state index contributed by atoms with van der Waals surface area (Å²) in [6, 6.07) is 24.7. The maximum absolute atomic E-state index is 13.7. The summed E-state index contributed by atoms with van der Waals surface area (Å²) in [6.07, 6.45) is 1.68. The van der Waals surface area contributed by atoms with Gasteiger partial charge in [-0.05, 0) is 112 Å². The van der Waals surface area contributed by atoms with Gasteiger partial charge in [0.05, 0.1) is 27.8 Å². The monoisotopic (exact) mass is 677 g/mol. The number of para-hydroxylation sites is 1. The Morgan fingerprint density at radius 3 is 2.49 bits per heavy atom. The van der Waals surface area contributed by atoms with Gasteiger partial charge in [-0.3, -0.25) is 4.79 Å². The molecule has 0 saturated heterocycles. The molecule has 5 aromatic rings. The minimum atomic E-state index is -0.235. The Hall–Kier alpha value is -3.69. The van der Waals surface area contributed by atoms with E-state index in [0.717, 1.165) is 42.9 Å². The van der Waals surface area contributed by atoms with Gasteiger partial charge in [-0.1, -0.05) is 49.7 Å². The number of halogens is 2. The minimum absolute atomic E-state index is 0.218. The molecule has 1 aromatic heterocycles. The van der Waals surface area contributed by atoms with E-state index in [-0.39, 0.29) is 11.5 Å². The van der Waals surface area contributed by atoms with Crippen molar-refractivity contribution in [2.45, 2.75) is 33.3 Å². The third-order valence-corrected chi connectivity index (χ3v) is 7.87. The molecule has 41 heavy (non-hydrogen) atoms. The van der Waals surface area contributed by atoms with Crippen LogP contribution in [0.15, 0.2) is 88.8 Å². The molecule has 0 aliphatic heterocycles. The Kier molecular flexibility index (Phi) is 8.75. The van der Waals surface area contributed by atoms with Gasteiger partial charge in [-0.15, -0.1) is 0 Å². The zero-order chi connectivity index (χ0) is 29.1. The Balaban J connectivity index is 1.53. The largest absolute Gasteiger partial charge is 0.496 e. The average Bonchev–Trinajstić information content (AvgIpc) is 2.96. The van der Waals surface area contributed by atoms with Crippen LogP contribution in [0.4, 0.5) is 0 Å². The van der Waals surface area contributed by atoms with Gasteiger partial charge in [0, 0.05) is 10.6 Å². The number of rotatable bonds is 8. The Morgan fingerprint density at radius 1 is 1.02 bits per heavy atom. The van der Waals surface area contributed by atoms with E-state index in [4.69, 9.17) is 26.1 Å². The normalized spacial score (nSPS) is 11.5. The van der Waals surface area contributed by atoms with E-state index >= 15 is 0 Å². The molecule has 0 unspecified atom stereocenters. The molecule has 0 aliphatic rings. The van der Waals surface area contributed by atoms with E-state index in [1.165, 1.54) is 4.68 Å². The van der Waals surface area contributed by atoms with Crippen LogP contribution in [0.1, 0.15) is 42.0 Å². The molecule has 4 aromatic carbocycles. The molecule has 0 fully saturated rings. The van der Waals surface area contributed by atoms with Gasteiger partial charge < -0.3 is 9.47 Å². The standard InChI is InChI=1S/C33H29ClIN3O3/c1-20(2)26-17-27(21(3)15-31(26)40-4)32-37-29-8-6-5-7-25(29)33(39)38(32)36-18-23-11-14-30(28(35)16-23)41-19-22-9-12-24(34)13-10-22/h5-18,20H,19H2,1-4H3. The van der Waals surface area contributed by atoms with Crippen LogP contribution in [0.3, 0.4) is 0 Å². The lowest BCUT2D eigenvalue weighted by Crippen LogP contribution is -2.20. The number of aromatic nitrogens is 2. The molecule has 0 amide bonds. The molecule has 0 spiro atoms. The number of hydrogen-bond donors (Lipinski definition) is 0. The van der Waals surface area contributed by atoms with Gasteiger partial charge >= 0.3 is 0 Å². The lowest BCUT2D eigenvalue weighted by Gasteiger charge is -2.17. The van der Waals surface area contributed by atoms with E-state index in [2.05, 4.69) is 47.6 Å². The lowest BCUT2D eigenvalue weighted by molar-refractivity contribution is 0.304. The Morgan fingerprint density at radius 2 is 1.78 bits per heavy atom. The van der Waals surface area contributed by atoms with E-state index in [9.17, 15) is 4.79 Å². The minimum Gasteiger partial charge on any atom is -0.496 e. The molecule has 0 atom stereocenters. The molecule has 0 saturated carbocycles. The fraction of sp³-hybridized carbons (Fsp3) is 0.182. The SMILES string of the molecule is COc1cc(C)c(-c2nc3ccccc3c(=O)n2N=Cc2ccc(OCc3ccc(Cl)cc3)c(I)c2)cc1C(C)C. The summed E-state index contributed by atoms with van der Waals surface area (Å²) >= 11 is 8.23. The first-order chi connectivity index (χ1) is 19.7. The van der Waals surface area contributed by atoms with Gasteiger partial charge in [-0.2, -0.15) is 9.78 Å². The number of benzene rings is 4. The van der Waals surface area contributed by atoms with Gasteiger partial charge in [0.2, 0.25) is 0 Å². The fourth-order valence-electron chi connectivity index (χ4n) is 4.55. The Labute approximate surface area is 257 Å². The summed E-state index contributed by atoms with van der Waals surface area (Å²) in [7, 11) is 1.67. The van der Waals surface area contributed by atoms with Crippen LogP contribution in [0, 0.1) is 10.5 Å². The van der Waals surface area contributed by atoms with Crippen molar-refractivity contribution in [3.63, 3.8) is 0 Å². The summed E-state index contributed by atoms with van der Waals surface area (Å²) in [5.41, 5.74) is 5.05. The van der Waals surface area contributed by atoms with E-state index < -0.39 is 0 Å². The molecule has 8 heteroatoms. The van der Waals surface area contributed by atoms with Crippen LogP contribution in [-0.2, 0) is 6.61 Å². The third-order valence-electron chi connectivity index (χ3n) is 6.78. The Bertz CT molecular complexity index is 1810. The first-order valence-corrected chi connectivity index (χ1v) is 14.6. The number of nitrogens with zero attached hydrogens (tertiary/aromatic N) is 3. The van der Waals surface area contributed by atoms with Crippen molar-refractivity contribution in [3.05, 3.63) is 120 Å². The van der Waals surface area contributed by atoms with Crippen molar-refractivity contribution in [1.82, 2.24) is 9.66 Å². The van der Waals surface area contributed by atoms with Crippen LogP contribution in [0.25, 0.3) is 22.3 Å². The molecule has 0 bridgehead atoms. The highest BCUT2D eigenvalue weighted by molar-refractivity contribution is 14.1. The second kappa shape index (κ2) is 12.4. The van der Waals surface area contributed by atoms with Gasteiger partial charge in [0.25, 0.3) is 5.56 Å². The highest BCUT2D eigenvalue weighted by atomic mass is 127. The predicted molar refractivity (Wildman–Crippen MR) is 175 cm³/mol. The quantitative estimate of drug-likeness (QED) is 0.123. The molecule has 0 aliphatic carbocycles. The highest BCUT2D eigenvalue weighted by Crippen LogP contribution is 2.34. The van der Waals surface area contributed by atoms with Crippen LogP contribution in [0.5, 0.6) is 11.5 Å². The first kappa shape index (κ1) is 28.8. The van der Waals surface area contributed by atoms with E-state index in [0.29, 0.717) is 28.4 Å². The molecule has 0 radical (unpaired) electrons. The van der Waals surface area contributed by atoms with E-state index in [1.54, 1.807) is 19.4 Å². The van der Waals surface area contributed by atoms with Crippen molar-refractivity contribution < 1.29 is 9.47 Å². The summed E-state index contributed by atoms with van der Waals surface area (Å²) in [5, 5.41) is 5.86. The second-order valence-corrected chi connectivity index (χ2v) is 11.6. The molecule has 0 N–H and O–H groups in total. The average molecular weight is 678 g/mol. The first-order valence-electron chi connectivity index (χ1n) is 13.2. The number of fused-ring (bicyclic) bond motifs is 1. The molecule has 1 heterocycles. The van der Waals surface area contributed by atoms with Gasteiger partial charge in [0.1, 0.15) is 18.1 Å². The summed E-state index contributed by atoms with van der Waals surface area (Å²) in [5.74, 6) is 2.27. The fourth-order valence-corrected chi connectivity index (χ4v) is 5.37. The molecular formula is C33H29ClIN3O3. The molecule has 5 rings (SSSR count). The number of methoxy groups -OCH3 is 1. The topological polar surface area (TPSA) is 65.7 Å². The maximum atomic E-state index is 13.7. The van der Waals surface area contributed by atoms with Crippen LogP contribution >= 0.6 is 34.2 Å². The van der Waals surface area contributed by atoms with Crippen molar-refractivity contribution in [1.29, 1.82) is 0 Å². The van der Waals surface area contributed by atoms with Crippen molar-refractivity contribution in [3.8, 4) is 22.9 Å². The zero-order valence-corrected chi connectivity index (χ0v) is 26.1. The lowest BCUT2D eigenvalue weighted by atomic mass is 9.96. The number of ether oxygens (including phenoxy) is 2. The number of hydrogen-bond acceptors (Lipinski definition) is 5. The smallest absolute Gasteiger partial charge is 0.282 e. The van der Waals surface area contributed by atoms with Crippen molar-refractivity contribution in [2.24, 2.45) is 5.10 Å². The molecular weight excluding hydrogens is 649 g/mol. The van der Waals surface area contributed by atoms with Crippen LogP contribution < -0.4 is 15.0 Å². The van der Waals surface area contributed by atoms with Gasteiger partial charge in [-0.25, -0.2) is 4.98 Å². The number of aryl methyl sites for hydroxylation is 1. The highest BCUT2D eigenvalue weighted by Gasteiger charge is 2.18. The van der Waals surface area contributed by atoms with Gasteiger partial charge in [0.15, 0.2) is 5.82 Å². The predicted octanol–water partition coefficient (Wildman–Crippen LogP) is 8.22. The van der Waals surface area contributed by atoms with Crippen molar-refractivity contribution >= 4 is 51.3 Å². The second-order valence-electron chi connectivity index (χ2n) is 9.98. The molecule has 6 nitrogen and oxygen atoms in total. The summed E-state index contributed by atoms with van der Waals surface area (Å²) in [4.78, 5) is 18.6. The third kappa shape index (κ3) is 6.31. The van der Waals surface area contributed by atoms with E-state index in [1.807, 2.05) is 73.7 Å². The summed E-state index contributed by atoms with van der Waals surface area (Å²) in [6.45, 7) is 6.64. The van der Waals surface area contributed by atoms with Crippen molar-refractivity contribution in [2.75, 3.05) is 7.11 Å².